The topological polar surface area (TPSA) is 80.5 Å². The van der Waals surface area contributed by atoms with E-state index in [9.17, 15) is 4.39 Å². The number of halogens is 2. The normalized spacial score (nSPS) is 10.1. The summed E-state index contributed by atoms with van der Waals surface area (Å²) in [5.74, 6) is -0.378. The summed E-state index contributed by atoms with van der Waals surface area (Å²) in [6.45, 7) is 0. The maximum Gasteiger partial charge on any atom is 0.252 e. The van der Waals surface area contributed by atoms with E-state index in [1.807, 2.05) is 22.6 Å². The van der Waals surface area contributed by atoms with Crippen molar-refractivity contribution in [2.24, 2.45) is 0 Å². The molecule has 0 saturated carbocycles. The van der Waals surface area contributed by atoms with Gasteiger partial charge in [0.2, 0.25) is 0 Å². The van der Waals surface area contributed by atoms with Gasteiger partial charge in [-0.25, -0.2) is 14.1 Å². The molecule has 16 heavy (non-hydrogen) atoms. The first-order valence-electron chi connectivity index (χ1n) is 4.18. The molecule has 1 heterocycles. The van der Waals surface area contributed by atoms with Crippen molar-refractivity contribution < 1.29 is 4.39 Å². The zero-order chi connectivity index (χ0) is 11.7. The fourth-order valence-corrected chi connectivity index (χ4v) is 1.67. The zero-order valence-electron chi connectivity index (χ0n) is 7.85. The number of aromatic nitrogens is 3. The second kappa shape index (κ2) is 4.05. The molecule has 7 heteroatoms. The summed E-state index contributed by atoms with van der Waals surface area (Å²) in [7, 11) is 0. The molecule has 0 aliphatic carbocycles. The summed E-state index contributed by atoms with van der Waals surface area (Å²) in [5.41, 5.74) is 6.47. The Labute approximate surface area is 104 Å². The molecule has 0 aliphatic heterocycles. The quantitative estimate of drug-likeness (QED) is 0.635. The maximum absolute atomic E-state index is 13.3. The summed E-state index contributed by atoms with van der Waals surface area (Å²) < 4.78 is 15.0. The van der Waals surface area contributed by atoms with Gasteiger partial charge in [-0.3, -0.25) is 0 Å². The number of nitrogen functional groups attached to an aromatic ring is 1. The number of anilines is 1. The molecule has 2 N–H and O–H groups in total. The average molecular weight is 329 g/mol. The first-order chi connectivity index (χ1) is 7.61. The molecule has 0 aliphatic rings. The number of rotatable bonds is 1. The molecule has 0 fully saturated rings. The Kier molecular flexibility index (Phi) is 2.74. The number of nitrogens with zero attached hydrogens (tertiary/aromatic N) is 4. The van der Waals surface area contributed by atoms with Gasteiger partial charge in [-0.05, 0) is 28.7 Å². The molecule has 80 valence electrons. The number of nitriles is 1. The molecule has 2 rings (SSSR count). The highest BCUT2D eigenvalue weighted by Crippen LogP contribution is 2.22. The lowest BCUT2D eigenvalue weighted by Crippen LogP contribution is -2.02. The third-order valence-corrected chi connectivity index (χ3v) is 2.73. The molecule has 2 aromatic rings. The van der Waals surface area contributed by atoms with Crippen LogP contribution in [-0.2, 0) is 0 Å². The van der Waals surface area contributed by atoms with Crippen molar-refractivity contribution in [1.29, 1.82) is 5.26 Å². The predicted molar refractivity (Wildman–Crippen MR) is 63.2 cm³/mol. The van der Waals surface area contributed by atoms with Gasteiger partial charge in [0, 0.05) is 6.07 Å². The summed E-state index contributed by atoms with van der Waals surface area (Å²) >= 11 is 1.85. The van der Waals surface area contributed by atoms with Crippen LogP contribution in [-0.4, -0.2) is 14.8 Å². The average Bonchev–Trinajstić information content (AvgIpc) is 2.71. The van der Waals surface area contributed by atoms with Gasteiger partial charge in [-0.15, -0.1) is 5.10 Å². The van der Waals surface area contributed by atoms with Crippen LogP contribution in [0.3, 0.4) is 0 Å². The molecule has 0 bridgehead atoms. The van der Waals surface area contributed by atoms with Crippen molar-refractivity contribution >= 4 is 28.3 Å². The molecule has 1 aromatic heterocycles. The molecule has 5 nitrogen and oxygen atoms in total. The SMILES string of the molecule is N#Cc1ncn(-c2cc(F)c(I)cc2N)n1. The summed E-state index contributed by atoms with van der Waals surface area (Å²) in [6, 6.07) is 4.54. The van der Waals surface area contributed by atoms with Crippen LogP contribution in [0.2, 0.25) is 0 Å². The van der Waals surface area contributed by atoms with Crippen LogP contribution in [0.4, 0.5) is 10.1 Å². The third kappa shape index (κ3) is 1.83. The Bertz CT molecular complexity index is 586. The monoisotopic (exact) mass is 329 g/mol. The largest absolute Gasteiger partial charge is 0.397 e. The maximum atomic E-state index is 13.3. The van der Waals surface area contributed by atoms with Gasteiger partial charge in [-0.1, -0.05) is 0 Å². The Hall–Kier alpha value is -1.69. The molecular weight excluding hydrogens is 324 g/mol. The minimum Gasteiger partial charge on any atom is -0.397 e. The van der Waals surface area contributed by atoms with E-state index < -0.39 is 0 Å². The Balaban J connectivity index is 2.56. The second-order valence-electron chi connectivity index (χ2n) is 2.95. The molecule has 0 radical (unpaired) electrons. The van der Waals surface area contributed by atoms with Crippen molar-refractivity contribution in [2.45, 2.75) is 0 Å². The highest BCUT2D eigenvalue weighted by atomic mass is 127. The van der Waals surface area contributed by atoms with Gasteiger partial charge in [0.05, 0.1) is 14.9 Å². The third-order valence-electron chi connectivity index (χ3n) is 1.91. The van der Waals surface area contributed by atoms with Crippen LogP contribution >= 0.6 is 22.6 Å². The second-order valence-corrected chi connectivity index (χ2v) is 4.11. The predicted octanol–water partition coefficient (Wildman–Crippen LogP) is 1.46. The summed E-state index contributed by atoms with van der Waals surface area (Å²) in [6.07, 6.45) is 1.32. The minimum absolute atomic E-state index is 0.0124. The number of nitrogens with two attached hydrogens (primary N) is 1. The zero-order valence-corrected chi connectivity index (χ0v) is 10.0. The van der Waals surface area contributed by atoms with Crippen molar-refractivity contribution in [1.82, 2.24) is 14.8 Å². The van der Waals surface area contributed by atoms with Crippen LogP contribution in [0.25, 0.3) is 5.69 Å². The van der Waals surface area contributed by atoms with E-state index in [0.717, 1.165) is 0 Å². The molecule has 0 unspecified atom stereocenters. The highest BCUT2D eigenvalue weighted by Gasteiger charge is 2.09. The Morgan fingerprint density at radius 1 is 1.50 bits per heavy atom. The van der Waals surface area contributed by atoms with Crippen LogP contribution < -0.4 is 5.73 Å². The minimum atomic E-state index is -0.390. The molecule has 0 atom stereocenters. The molecular formula is C9H5FIN5. The van der Waals surface area contributed by atoms with E-state index in [2.05, 4.69) is 10.1 Å². The first kappa shape index (κ1) is 10.8. The van der Waals surface area contributed by atoms with Crippen LogP contribution in [0.5, 0.6) is 0 Å². The van der Waals surface area contributed by atoms with E-state index in [4.69, 9.17) is 11.0 Å². The molecule has 1 aromatic carbocycles. The van der Waals surface area contributed by atoms with Gasteiger partial charge in [0.25, 0.3) is 5.82 Å². The molecule has 0 saturated heterocycles. The highest BCUT2D eigenvalue weighted by molar-refractivity contribution is 14.1. The van der Waals surface area contributed by atoms with Crippen LogP contribution in [0.15, 0.2) is 18.5 Å². The van der Waals surface area contributed by atoms with Gasteiger partial charge >= 0.3 is 0 Å². The Morgan fingerprint density at radius 3 is 2.88 bits per heavy atom. The van der Waals surface area contributed by atoms with Crippen molar-refractivity contribution in [3.8, 4) is 11.8 Å². The van der Waals surface area contributed by atoms with Crippen molar-refractivity contribution in [3.05, 3.63) is 33.7 Å². The van der Waals surface area contributed by atoms with Gasteiger partial charge < -0.3 is 5.73 Å². The van der Waals surface area contributed by atoms with Crippen molar-refractivity contribution in [3.63, 3.8) is 0 Å². The van der Waals surface area contributed by atoms with E-state index in [1.54, 1.807) is 6.07 Å². The van der Waals surface area contributed by atoms with E-state index in [-0.39, 0.29) is 11.6 Å². The fraction of sp³-hybridized carbons (Fsp3) is 0. The van der Waals surface area contributed by atoms with Gasteiger partial charge in [-0.2, -0.15) is 5.26 Å². The lowest BCUT2D eigenvalue weighted by molar-refractivity contribution is 0.618. The van der Waals surface area contributed by atoms with Crippen molar-refractivity contribution in [2.75, 3.05) is 5.73 Å². The Morgan fingerprint density at radius 2 is 2.25 bits per heavy atom. The first-order valence-corrected chi connectivity index (χ1v) is 5.26. The lowest BCUT2D eigenvalue weighted by atomic mass is 10.2. The molecule has 0 amide bonds. The van der Waals surface area contributed by atoms with E-state index in [1.165, 1.54) is 23.1 Å². The van der Waals surface area contributed by atoms with E-state index in [0.29, 0.717) is 14.9 Å². The smallest absolute Gasteiger partial charge is 0.252 e. The fourth-order valence-electron chi connectivity index (χ4n) is 1.18. The number of benzene rings is 1. The summed E-state index contributed by atoms with van der Waals surface area (Å²) in [4.78, 5) is 3.72. The van der Waals surface area contributed by atoms with Gasteiger partial charge in [0.1, 0.15) is 18.2 Å². The van der Waals surface area contributed by atoms with Crippen LogP contribution in [0, 0.1) is 20.7 Å². The number of hydrogen-bond acceptors (Lipinski definition) is 4. The van der Waals surface area contributed by atoms with E-state index >= 15 is 0 Å². The summed E-state index contributed by atoms with van der Waals surface area (Å²) in [5, 5.41) is 12.4. The van der Waals surface area contributed by atoms with Crippen LogP contribution in [0.1, 0.15) is 5.82 Å². The number of hydrogen-bond donors (Lipinski definition) is 1. The molecule has 0 spiro atoms. The van der Waals surface area contributed by atoms with Gasteiger partial charge in [0.15, 0.2) is 0 Å². The lowest BCUT2D eigenvalue weighted by Gasteiger charge is -2.05. The standard InChI is InChI=1S/C9H5FIN5/c10-5-1-8(7(13)2-6(5)11)16-4-14-9(3-12)15-16/h1-2,4H,13H2.